The molecule has 0 spiro atoms. The molecule has 0 atom stereocenters. The minimum Gasteiger partial charge on any atom is -0.393 e. The van der Waals surface area contributed by atoms with Crippen LogP contribution >= 0.6 is 11.6 Å². The van der Waals surface area contributed by atoms with E-state index in [1.54, 1.807) is 6.20 Å². The topological polar surface area (TPSA) is 63.0 Å². The Kier molecular flexibility index (Phi) is 4.12. The second kappa shape index (κ2) is 6.42. The third-order valence-electron chi connectivity index (χ3n) is 4.58. The predicted octanol–water partition coefficient (Wildman–Crippen LogP) is 3.79. The molecular weight excluding hydrogens is 324 g/mol. The van der Waals surface area contributed by atoms with Crippen LogP contribution in [0.25, 0.3) is 16.6 Å². The molecule has 0 saturated heterocycles. The number of aliphatic hydroxyl groups excluding tert-OH is 1. The molecule has 2 N–H and O–H groups in total. The summed E-state index contributed by atoms with van der Waals surface area (Å²) in [7, 11) is 0. The van der Waals surface area contributed by atoms with Gasteiger partial charge in [0.05, 0.1) is 17.3 Å². The van der Waals surface area contributed by atoms with Gasteiger partial charge < -0.3 is 10.4 Å². The average Bonchev–Trinajstić information content (AvgIpc) is 2.95. The number of pyridine rings is 1. The fraction of sp³-hybridized carbons (Fsp3) is 0.333. The van der Waals surface area contributed by atoms with Crippen molar-refractivity contribution in [3.63, 3.8) is 0 Å². The standard InChI is InChI=1S/C18H19ClN4O/c19-18-15-3-1-2-4-16(15)23(22-18)13-9-10-20-17(11-13)21-12-5-7-14(24)8-6-12/h1-4,9-12,14,24H,5-8H2,(H,20,21). The fourth-order valence-corrected chi connectivity index (χ4v) is 3.52. The van der Waals surface area contributed by atoms with E-state index in [1.165, 1.54) is 0 Å². The Morgan fingerprint density at radius 2 is 1.92 bits per heavy atom. The van der Waals surface area contributed by atoms with E-state index in [4.69, 9.17) is 11.6 Å². The number of hydrogen-bond acceptors (Lipinski definition) is 4. The molecule has 0 radical (unpaired) electrons. The lowest BCUT2D eigenvalue weighted by Crippen LogP contribution is -2.28. The van der Waals surface area contributed by atoms with Gasteiger partial charge in [0.25, 0.3) is 0 Å². The van der Waals surface area contributed by atoms with Crippen molar-refractivity contribution < 1.29 is 5.11 Å². The maximum Gasteiger partial charge on any atom is 0.159 e. The number of aromatic nitrogens is 3. The Hall–Kier alpha value is -2.11. The van der Waals surface area contributed by atoms with Gasteiger partial charge in [0, 0.05) is 23.7 Å². The normalized spacial score (nSPS) is 21.1. The summed E-state index contributed by atoms with van der Waals surface area (Å²) in [5, 5.41) is 19.0. The lowest BCUT2D eigenvalue weighted by molar-refractivity contribution is 0.126. The molecule has 2 heterocycles. The monoisotopic (exact) mass is 342 g/mol. The highest BCUT2D eigenvalue weighted by Gasteiger charge is 2.19. The molecular formula is C18H19ClN4O. The van der Waals surface area contributed by atoms with Gasteiger partial charge in [-0.25, -0.2) is 9.67 Å². The first kappa shape index (κ1) is 15.4. The molecule has 0 aliphatic heterocycles. The molecule has 0 amide bonds. The smallest absolute Gasteiger partial charge is 0.159 e. The van der Waals surface area contributed by atoms with Crippen molar-refractivity contribution in [3.8, 4) is 5.69 Å². The summed E-state index contributed by atoms with van der Waals surface area (Å²) < 4.78 is 1.84. The van der Waals surface area contributed by atoms with E-state index in [1.807, 2.05) is 41.1 Å². The predicted molar refractivity (Wildman–Crippen MR) is 95.8 cm³/mol. The largest absolute Gasteiger partial charge is 0.393 e. The van der Waals surface area contributed by atoms with Crippen LogP contribution in [0.1, 0.15) is 25.7 Å². The maximum absolute atomic E-state index is 9.62. The van der Waals surface area contributed by atoms with Gasteiger partial charge in [0.15, 0.2) is 5.15 Å². The zero-order valence-corrected chi connectivity index (χ0v) is 13.9. The zero-order valence-electron chi connectivity index (χ0n) is 13.2. The molecule has 4 rings (SSSR count). The number of nitrogens with one attached hydrogen (secondary N) is 1. The van der Waals surface area contributed by atoms with Crippen LogP contribution < -0.4 is 5.32 Å². The van der Waals surface area contributed by atoms with Crippen molar-refractivity contribution in [3.05, 3.63) is 47.7 Å². The summed E-state index contributed by atoms with van der Waals surface area (Å²) in [5.74, 6) is 0.824. The Labute approximate surface area is 145 Å². The van der Waals surface area contributed by atoms with Gasteiger partial charge in [-0.2, -0.15) is 5.10 Å². The Morgan fingerprint density at radius 3 is 2.75 bits per heavy atom. The first-order chi connectivity index (χ1) is 11.7. The quantitative estimate of drug-likeness (QED) is 0.760. The second-order valence-corrected chi connectivity index (χ2v) is 6.63. The lowest BCUT2D eigenvalue weighted by atomic mass is 9.93. The molecule has 2 aromatic heterocycles. The highest BCUT2D eigenvalue weighted by Crippen LogP contribution is 2.26. The van der Waals surface area contributed by atoms with Crippen LogP contribution in [0.3, 0.4) is 0 Å². The SMILES string of the molecule is OC1CCC(Nc2cc(-n3nc(Cl)c4ccccc43)ccn2)CC1. The van der Waals surface area contributed by atoms with Crippen LogP contribution in [0.4, 0.5) is 5.82 Å². The number of rotatable bonds is 3. The van der Waals surface area contributed by atoms with Gasteiger partial charge in [-0.3, -0.25) is 0 Å². The number of anilines is 1. The summed E-state index contributed by atoms with van der Waals surface area (Å²) in [5.41, 5.74) is 1.90. The number of nitrogens with zero attached hydrogens (tertiary/aromatic N) is 3. The summed E-state index contributed by atoms with van der Waals surface area (Å²) >= 11 is 6.25. The molecule has 1 aliphatic rings. The Balaban J connectivity index is 1.62. The maximum atomic E-state index is 9.62. The van der Waals surface area contributed by atoms with Gasteiger partial charge in [0.1, 0.15) is 5.82 Å². The third-order valence-corrected chi connectivity index (χ3v) is 4.86. The summed E-state index contributed by atoms with van der Waals surface area (Å²) in [6.45, 7) is 0. The van der Waals surface area contributed by atoms with Gasteiger partial charge >= 0.3 is 0 Å². The van der Waals surface area contributed by atoms with Crippen molar-refractivity contribution >= 4 is 28.3 Å². The first-order valence-corrected chi connectivity index (χ1v) is 8.63. The lowest BCUT2D eigenvalue weighted by Gasteiger charge is -2.26. The fourth-order valence-electron chi connectivity index (χ4n) is 3.28. The third kappa shape index (κ3) is 2.97. The van der Waals surface area contributed by atoms with Gasteiger partial charge in [-0.15, -0.1) is 0 Å². The van der Waals surface area contributed by atoms with Crippen molar-refractivity contribution in [1.82, 2.24) is 14.8 Å². The van der Waals surface area contributed by atoms with Gasteiger partial charge in [-0.1, -0.05) is 23.7 Å². The number of para-hydroxylation sites is 1. The summed E-state index contributed by atoms with van der Waals surface area (Å²) in [6, 6.07) is 12.2. The van der Waals surface area contributed by atoms with E-state index in [2.05, 4.69) is 15.4 Å². The Morgan fingerprint density at radius 1 is 1.12 bits per heavy atom. The number of fused-ring (bicyclic) bond motifs is 1. The summed E-state index contributed by atoms with van der Waals surface area (Å²) in [6.07, 6.45) is 5.24. The van der Waals surface area contributed by atoms with Crippen molar-refractivity contribution in [1.29, 1.82) is 0 Å². The molecule has 5 nitrogen and oxygen atoms in total. The van der Waals surface area contributed by atoms with E-state index in [-0.39, 0.29) is 6.10 Å². The molecule has 124 valence electrons. The Bertz CT molecular complexity index is 855. The van der Waals surface area contributed by atoms with Gasteiger partial charge in [0.2, 0.25) is 0 Å². The van der Waals surface area contributed by atoms with Crippen molar-refractivity contribution in [2.45, 2.75) is 37.8 Å². The van der Waals surface area contributed by atoms with E-state index in [0.717, 1.165) is 48.1 Å². The molecule has 24 heavy (non-hydrogen) atoms. The minimum atomic E-state index is -0.153. The molecule has 0 unspecified atom stereocenters. The van der Waals surface area contributed by atoms with Crippen LogP contribution in [-0.2, 0) is 0 Å². The number of hydrogen-bond donors (Lipinski definition) is 2. The van der Waals surface area contributed by atoms with Crippen LogP contribution in [0.5, 0.6) is 0 Å². The summed E-state index contributed by atoms with van der Waals surface area (Å²) in [4.78, 5) is 4.42. The molecule has 1 fully saturated rings. The van der Waals surface area contributed by atoms with E-state index in [9.17, 15) is 5.11 Å². The van der Waals surface area contributed by atoms with E-state index >= 15 is 0 Å². The molecule has 1 aromatic carbocycles. The highest BCUT2D eigenvalue weighted by molar-refractivity contribution is 6.34. The average molecular weight is 343 g/mol. The van der Waals surface area contributed by atoms with Crippen molar-refractivity contribution in [2.75, 3.05) is 5.32 Å². The van der Waals surface area contributed by atoms with Crippen LogP contribution in [0.15, 0.2) is 42.6 Å². The van der Waals surface area contributed by atoms with Crippen LogP contribution in [0, 0.1) is 0 Å². The van der Waals surface area contributed by atoms with Crippen LogP contribution in [-0.4, -0.2) is 32.0 Å². The molecule has 0 bridgehead atoms. The van der Waals surface area contributed by atoms with E-state index < -0.39 is 0 Å². The molecule has 6 heteroatoms. The highest BCUT2D eigenvalue weighted by atomic mass is 35.5. The molecule has 1 saturated carbocycles. The minimum absolute atomic E-state index is 0.153. The van der Waals surface area contributed by atoms with Gasteiger partial charge in [-0.05, 0) is 43.9 Å². The number of benzene rings is 1. The van der Waals surface area contributed by atoms with Crippen molar-refractivity contribution in [2.24, 2.45) is 0 Å². The number of halogens is 1. The van der Waals surface area contributed by atoms with E-state index in [0.29, 0.717) is 11.2 Å². The first-order valence-electron chi connectivity index (χ1n) is 8.25. The second-order valence-electron chi connectivity index (χ2n) is 6.27. The molecule has 3 aromatic rings. The molecule has 1 aliphatic carbocycles. The zero-order chi connectivity index (χ0) is 16.5. The van der Waals surface area contributed by atoms with Crippen LogP contribution in [0.2, 0.25) is 5.15 Å². The number of aliphatic hydroxyl groups is 1.